The molecule has 0 spiro atoms. The van der Waals surface area contributed by atoms with Gasteiger partial charge in [0, 0.05) is 21.0 Å². The Hall–Kier alpha value is -2.97. The Kier molecular flexibility index (Phi) is 4.92. The number of methoxy groups -OCH3 is 1. The minimum absolute atomic E-state index is 0.133. The van der Waals surface area contributed by atoms with Crippen LogP contribution in [0.4, 0.5) is 0 Å². The lowest BCUT2D eigenvalue weighted by Gasteiger charge is -2.11. The number of benzene rings is 2. The number of rotatable bonds is 4. The number of H-pyrrole nitrogens is 1. The summed E-state index contributed by atoms with van der Waals surface area (Å²) in [6.45, 7) is 1.81. The first-order chi connectivity index (χ1) is 12.1. The summed E-state index contributed by atoms with van der Waals surface area (Å²) in [6.07, 6.45) is 0. The largest absolute Gasteiger partial charge is 0.497 e. The van der Waals surface area contributed by atoms with Gasteiger partial charge >= 0.3 is 0 Å². The summed E-state index contributed by atoms with van der Waals surface area (Å²) in [5.74, 6) is 0.801. The van der Waals surface area contributed by atoms with Gasteiger partial charge in [-0.1, -0.05) is 30.0 Å². The lowest BCUT2D eigenvalue weighted by atomic mass is 10.0. The molecule has 0 unspecified atom stereocenters. The summed E-state index contributed by atoms with van der Waals surface area (Å²) >= 11 is 1.58. The zero-order valence-electron chi connectivity index (χ0n) is 13.9. The normalized spacial score (nSPS) is 10.3. The van der Waals surface area contributed by atoms with Crippen LogP contribution in [-0.2, 0) is 0 Å². The zero-order chi connectivity index (χ0) is 17.8. The van der Waals surface area contributed by atoms with Crippen LogP contribution < -0.4 is 10.3 Å². The zero-order valence-corrected chi connectivity index (χ0v) is 14.7. The highest BCUT2D eigenvalue weighted by atomic mass is 32.2. The van der Waals surface area contributed by atoms with Gasteiger partial charge in [0.1, 0.15) is 17.4 Å². The van der Waals surface area contributed by atoms with Crippen molar-refractivity contribution in [3.05, 3.63) is 76.2 Å². The van der Waals surface area contributed by atoms with E-state index in [1.54, 1.807) is 18.9 Å². The van der Waals surface area contributed by atoms with Crippen LogP contribution in [0.15, 0.2) is 69.2 Å². The SMILES string of the molecule is COc1ccc(Sc2ccccc2-c2cc(C)[nH]c(=O)c2C#N)cc1. The molecule has 3 rings (SSSR count). The van der Waals surface area contributed by atoms with E-state index in [1.807, 2.05) is 67.6 Å². The smallest absolute Gasteiger partial charge is 0.266 e. The molecular weight excluding hydrogens is 332 g/mol. The molecule has 0 aliphatic rings. The molecule has 1 heterocycles. The van der Waals surface area contributed by atoms with E-state index < -0.39 is 0 Å². The van der Waals surface area contributed by atoms with Crippen LogP contribution in [0, 0.1) is 18.3 Å². The molecule has 124 valence electrons. The van der Waals surface area contributed by atoms with Crippen LogP contribution in [0.3, 0.4) is 0 Å². The van der Waals surface area contributed by atoms with Gasteiger partial charge in [0.25, 0.3) is 5.56 Å². The molecule has 0 atom stereocenters. The van der Waals surface area contributed by atoms with E-state index in [0.717, 1.165) is 26.8 Å². The number of aryl methyl sites for hydroxylation is 1. The predicted molar refractivity (Wildman–Crippen MR) is 99.1 cm³/mol. The second kappa shape index (κ2) is 7.29. The monoisotopic (exact) mass is 348 g/mol. The summed E-state index contributed by atoms with van der Waals surface area (Å²) in [6, 6.07) is 19.4. The Bertz CT molecular complexity index is 1000. The first-order valence-corrected chi connectivity index (χ1v) is 8.49. The van der Waals surface area contributed by atoms with Gasteiger partial charge in [-0.25, -0.2) is 0 Å². The Morgan fingerprint density at radius 3 is 2.48 bits per heavy atom. The number of aromatic amines is 1. The van der Waals surface area contributed by atoms with Gasteiger partial charge in [0.05, 0.1) is 7.11 Å². The average Bonchev–Trinajstić information content (AvgIpc) is 2.62. The summed E-state index contributed by atoms with van der Waals surface area (Å²) in [4.78, 5) is 16.8. The van der Waals surface area contributed by atoms with Crippen LogP contribution in [0.25, 0.3) is 11.1 Å². The number of pyridine rings is 1. The standard InChI is InChI=1S/C20H16N2O2S/c1-13-11-17(18(12-21)20(23)22-13)16-5-3-4-6-19(16)25-15-9-7-14(24-2)8-10-15/h3-11H,1-2H3,(H,22,23). The van der Waals surface area contributed by atoms with Gasteiger partial charge in [-0.3, -0.25) is 4.79 Å². The number of nitrogens with one attached hydrogen (secondary N) is 1. The molecule has 0 amide bonds. The number of ether oxygens (including phenoxy) is 1. The highest BCUT2D eigenvalue weighted by molar-refractivity contribution is 7.99. The van der Waals surface area contributed by atoms with Gasteiger partial charge in [-0.2, -0.15) is 5.26 Å². The van der Waals surface area contributed by atoms with Crippen LogP contribution in [-0.4, -0.2) is 12.1 Å². The number of nitriles is 1. The topological polar surface area (TPSA) is 65.9 Å². The maximum atomic E-state index is 12.1. The van der Waals surface area contributed by atoms with E-state index in [-0.39, 0.29) is 11.1 Å². The predicted octanol–water partition coefficient (Wildman–Crippen LogP) is 4.38. The van der Waals surface area contributed by atoms with Crippen LogP contribution in [0.2, 0.25) is 0 Å². The van der Waals surface area contributed by atoms with E-state index in [9.17, 15) is 10.1 Å². The molecule has 0 aliphatic carbocycles. The molecule has 0 saturated heterocycles. The second-order valence-corrected chi connectivity index (χ2v) is 6.57. The molecule has 0 bridgehead atoms. The van der Waals surface area contributed by atoms with Gasteiger partial charge in [0.2, 0.25) is 0 Å². The molecule has 1 N–H and O–H groups in total. The molecule has 2 aromatic carbocycles. The minimum atomic E-state index is -0.359. The fourth-order valence-corrected chi connectivity index (χ4v) is 3.52. The van der Waals surface area contributed by atoms with Crippen molar-refractivity contribution in [1.82, 2.24) is 4.98 Å². The van der Waals surface area contributed by atoms with Gasteiger partial charge < -0.3 is 9.72 Å². The number of hydrogen-bond donors (Lipinski definition) is 1. The van der Waals surface area contributed by atoms with Crippen LogP contribution in [0.5, 0.6) is 5.75 Å². The van der Waals surface area contributed by atoms with E-state index in [4.69, 9.17) is 4.74 Å². The lowest BCUT2D eigenvalue weighted by molar-refractivity contribution is 0.414. The molecule has 25 heavy (non-hydrogen) atoms. The van der Waals surface area contributed by atoms with Crippen LogP contribution in [0.1, 0.15) is 11.3 Å². The highest BCUT2D eigenvalue weighted by Gasteiger charge is 2.14. The average molecular weight is 348 g/mol. The number of hydrogen-bond acceptors (Lipinski definition) is 4. The quantitative estimate of drug-likeness (QED) is 0.760. The fourth-order valence-electron chi connectivity index (χ4n) is 2.56. The van der Waals surface area contributed by atoms with Crippen molar-refractivity contribution in [1.29, 1.82) is 5.26 Å². The van der Waals surface area contributed by atoms with Gasteiger partial charge in [0.15, 0.2) is 0 Å². The molecule has 4 nitrogen and oxygen atoms in total. The Labute approximate surface area is 150 Å². The molecule has 0 radical (unpaired) electrons. The third kappa shape index (κ3) is 3.59. The Morgan fingerprint density at radius 2 is 1.80 bits per heavy atom. The highest BCUT2D eigenvalue weighted by Crippen LogP contribution is 2.37. The second-order valence-electron chi connectivity index (χ2n) is 5.46. The van der Waals surface area contributed by atoms with Crippen molar-refractivity contribution >= 4 is 11.8 Å². The number of aromatic nitrogens is 1. The van der Waals surface area contributed by atoms with Crippen LogP contribution >= 0.6 is 11.8 Å². The molecule has 0 saturated carbocycles. The first kappa shape index (κ1) is 16.9. The molecule has 3 aromatic rings. The van der Waals surface area contributed by atoms with Crippen molar-refractivity contribution in [2.24, 2.45) is 0 Å². The Balaban J connectivity index is 2.08. The van der Waals surface area contributed by atoms with E-state index >= 15 is 0 Å². The summed E-state index contributed by atoms with van der Waals surface area (Å²) in [7, 11) is 1.64. The molecule has 0 fully saturated rings. The van der Waals surface area contributed by atoms with Crippen molar-refractivity contribution in [2.75, 3.05) is 7.11 Å². The number of nitrogens with zero attached hydrogens (tertiary/aromatic N) is 1. The molecule has 5 heteroatoms. The fraction of sp³-hybridized carbons (Fsp3) is 0.100. The maximum Gasteiger partial charge on any atom is 0.266 e. The van der Waals surface area contributed by atoms with E-state index in [1.165, 1.54) is 0 Å². The summed E-state index contributed by atoms with van der Waals surface area (Å²) in [5, 5.41) is 9.40. The van der Waals surface area contributed by atoms with Gasteiger partial charge in [-0.05, 0) is 48.9 Å². The van der Waals surface area contributed by atoms with Crippen molar-refractivity contribution in [2.45, 2.75) is 16.7 Å². The first-order valence-electron chi connectivity index (χ1n) is 7.67. The lowest BCUT2D eigenvalue weighted by Crippen LogP contribution is -2.12. The Morgan fingerprint density at radius 1 is 1.08 bits per heavy atom. The summed E-state index contributed by atoms with van der Waals surface area (Å²) < 4.78 is 5.19. The third-order valence-corrected chi connectivity index (χ3v) is 4.83. The maximum absolute atomic E-state index is 12.1. The van der Waals surface area contributed by atoms with E-state index in [2.05, 4.69) is 4.98 Å². The molecule has 0 aliphatic heterocycles. The third-order valence-electron chi connectivity index (χ3n) is 3.74. The molecule has 1 aromatic heterocycles. The minimum Gasteiger partial charge on any atom is -0.497 e. The van der Waals surface area contributed by atoms with Gasteiger partial charge in [-0.15, -0.1) is 0 Å². The van der Waals surface area contributed by atoms with Crippen molar-refractivity contribution < 1.29 is 4.74 Å². The van der Waals surface area contributed by atoms with Crippen molar-refractivity contribution in [3.63, 3.8) is 0 Å². The molecular formula is C20H16N2O2S. The van der Waals surface area contributed by atoms with E-state index in [0.29, 0.717) is 5.56 Å². The van der Waals surface area contributed by atoms with Crippen molar-refractivity contribution in [3.8, 4) is 22.9 Å². The summed E-state index contributed by atoms with van der Waals surface area (Å²) in [5.41, 5.74) is 2.02.